The lowest BCUT2D eigenvalue weighted by Gasteiger charge is -2.17. The number of ether oxygens (including phenoxy) is 1. The summed E-state index contributed by atoms with van der Waals surface area (Å²) in [6.45, 7) is 7.76. The van der Waals surface area contributed by atoms with Crippen molar-refractivity contribution < 1.29 is 9.53 Å². The zero-order valence-corrected chi connectivity index (χ0v) is 11.1. The van der Waals surface area contributed by atoms with E-state index in [0.717, 1.165) is 19.6 Å². The Morgan fingerprint density at radius 2 is 2.22 bits per heavy atom. The fourth-order valence-corrected chi connectivity index (χ4v) is 1.53. The average Bonchev–Trinajstić information content (AvgIpc) is 2.42. The fourth-order valence-electron chi connectivity index (χ4n) is 1.53. The third-order valence-corrected chi connectivity index (χ3v) is 2.65. The quantitative estimate of drug-likeness (QED) is 0.746. The number of hydrogen-bond acceptors (Lipinski definition) is 4. The number of nitrogens with zero attached hydrogens (tertiary/aromatic N) is 2. The van der Waals surface area contributed by atoms with E-state index in [-0.39, 0.29) is 12.5 Å². The molecule has 1 rings (SSSR count). The van der Waals surface area contributed by atoms with Gasteiger partial charge in [-0.25, -0.2) is 0 Å². The molecule has 100 valence electrons. The molecule has 18 heavy (non-hydrogen) atoms. The molecule has 1 aromatic rings. The lowest BCUT2D eigenvalue weighted by atomic mass is 10.4. The first kappa shape index (κ1) is 14.4. The predicted octanol–water partition coefficient (Wildman–Crippen LogP) is 0.918. The highest BCUT2D eigenvalue weighted by atomic mass is 16.5. The van der Waals surface area contributed by atoms with E-state index in [1.807, 2.05) is 0 Å². The second kappa shape index (κ2) is 8.47. The van der Waals surface area contributed by atoms with Gasteiger partial charge in [0.05, 0.1) is 6.20 Å². The number of aromatic nitrogens is 1. The Morgan fingerprint density at radius 3 is 2.83 bits per heavy atom. The Bertz CT molecular complexity index is 339. The van der Waals surface area contributed by atoms with Crippen LogP contribution in [0.1, 0.15) is 13.8 Å². The minimum Gasteiger partial charge on any atom is -0.482 e. The maximum atomic E-state index is 11.5. The van der Waals surface area contributed by atoms with Crippen molar-refractivity contribution in [2.75, 3.05) is 32.8 Å². The molecule has 0 saturated heterocycles. The molecule has 1 N–H and O–H groups in total. The van der Waals surface area contributed by atoms with E-state index in [0.29, 0.717) is 12.3 Å². The molecule has 1 heterocycles. The molecular weight excluding hydrogens is 230 g/mol. The van der Waals surface area contributed by atoms with Gasteiger partial charge in [-0.3, -0.25) is 9.78 Å². The minimum atomic E-state index is -0.106. The minimum absolute atomic E-state index is 0.0317. The summed E-state index contributed by atoms with van der Waals surface area (Å²) in [5.74, 6) is 0.502. The summed E-state index contributed by atoms with van der Waals surface area (Å²) in [4.78, 5) is 17.7. The Balaban J connectivity index is 2.14. The lowest BCUT2D eigenvalue weighted by Crippen LogP contribution is -2.36. The molecule has 5 heteroatoms. The van der Waals surface area contributed by atoms with Gasteiger partial charge in [0.25, 0.3) is 5.91 Å². The molecule has 0 saturated carbocycles. The van der Waals surface area contributed by atoms with Crippen LogP contribution in [-0.2, 0) is 4.79 Å². The van der Waals surface area contributed by atoms with Crippen LogP contribution in [0.15, 0.2) is 24.5 Å². The summed E-state index contributed by atoms with van der Waals surface area (Å²) in [7, 11) is 0. The molecule has 0 aliphatic carbocycles. The standard InChI is InChI=1S/C13H21N3O2/c1-3-16(4-2)9-8-15-13(17)11-18-12-6-5-7-14-10-12/h5-7,10H,3-4,8-9,11H2,1-2H3,(H,15,17). The number of rotatable bonds is 8. The van der Waals surface area contributed by atoms with Gasteiger partial charge in [0.2, 0.25) is 0 Å². The number of likely N-dealkylation sites (N-methyl/N-ethyl adjacent to an activating group) is 1. The maximum absolute atomic E-state index is 11.5. The monoisotopic (exact) mass is 251 g/mol. The number of hydrogen-bond donors (Lipinski definition) is 1. The number of amides is 1. The van der Waals surface area contributed by atoms with Crippen LogP contribution < -0.4 is 10.1 Å². The van der Waals surface area contributed by atoms with Crippen molar-refractivity contribution in [2.45, 2.75) is 13.8 Å². The Hall–Kier alpha value is -1.62. The summed E-state index contributed by atoms with van der Waals surface area (Å²) < 4.78 is 5.29. The van der Waals surface area contributed by atoms with E-state index in [2.05, 4.69) is 29.0 Å². The third-order valence-electron chi connectivity index (χ3n) is 2.65. The van der Waals surface area contributed by atoms with Crippen molar-refractivity contribution in [3.05, 3.63) is 24.5 Å². The molecular formula is C13H21N3O2. The smallest absolute Gasteiger partial charge is 0.257 e. The van der Waals surface area contributed by atoms with Crippen LogP contribution in [0.5, 0.6) is 5.75 Å². The Labute approximate surface area is 108 Å². The van der Waals surface area contributed by atoms with Crippen LogP contribution in [0.3, 0.4) is 0 Å². The molecule has 0 fully saturated rings. The van der Waals surface area contributed by atoms with E-state index in [1.165, 1.54) is 0 Å². The number of carbonyl (C=O) groups is 1. The second-order valence-corrected chi connectivity index (χ2v) is 3.85. The first-order chi connectivity index (χ1) is 8.76. The van der Waals surface area contributed by atoms with Gasteiger partial charge in [-0.2, -0.15) is 0 Å². The van der Waals surface area contributed by atoms with Crippen LogP contribution in [0.2, 0.25) is 0 Å². The first-order valence-electron chi connectivity index (χ1n) is 6.28. The van der Waals surface area contributed by atoms with Crippen LogP contribution in [0.4, 0.5) is 0 Å². The Morgan fingerprint density at radius 1 is 1.44 bits per heavy atom. The first-order valence-corrected chi connectivity index (χ1v) is 6.28. The van der Waals surface area contributed by atoms with Gasteiger partial charge in [-0.15, -0.1) is 0 Å². The summed E-state index contributed by atoms with van der Waals surface area (Å²) in [6.07, 6.45) is 3.25. The topological polar surface area (TPSA) is 54.5 Å². The number of pyridine rings is 1. The number of carbonyl (C=O) groups excluding carboxylic acids is 1. The van der Waals surface area contributed by atoms with Crippen molar-refractivity contribution >= 4 is 5.91 Å². The summed E-state index contributed by atoms with van der Waals surface area (Å²) in [6, 6.07) is 3.55. The van der Waals surface area contributed by atoms with E-state index < -0.39 is 0 Å². The van der Waals surface area contributed by atoms with Crippen LogP contribution in [0, 0.1) is 0 Å². The molecule has 0 spiro atoms. The maximum Gasteiger partial charge on any atom is 0.257 e. The van der Waals surface area contributed by atoms with Crippen LogP contribution in [-0.4, -0.2) is 48.6 Å². The van der Waals surface area contributed by atoms with Crippen molar-refractivity contribution in [3.63, 3.8) is 0 Å². The summed E-state index contributed by atoms with van der Waals surface area (Å²) in [5, 5.41) is 2.83. The van der Waals surface area contributed by atoms with Crippen molar-refractivity contribution in [1.82, 2.24) is 15.2 Å². The van der Waals surface area contributed by atoms with Gasteiger partial charge < -0.3 is 15.0 Å². The zero-order valence-electron chi connectivity index (χ0n) is 11.1. The highest BCUT2D eigenvalue weighted by Crippen LogP contribution is 2.05. The van der Waals surface area contributed by atoms with E-state index in [1.54, 1.807) is 24.5 Å². The van der Waals surface area contributed by atoms with Gasteiger partial charge in [-0.1, -0.05) is 13.8 Å². The van der Waals surface area contributed by atoms with Crippen molar-refractivity contribution in [1.29, 1.82) is 0 Å². The van der Waals surface area contributed by atoms with Gasteiger partial charge in [0.15, 0.2) is 6.61 Å². The second-order valence-electron chi connectivity index (χ2n) is 3.85. The van der Waals surface area contributed by atoms with Crippen molar-refractivity contribution in [3.8, 4) is 5.75 Å². The zero-order chi connectivity index (χ0) is 13.2. The predicted molar refractivity (Wildman–Crippen MR) is 70.5 cm³/mol. The largest absolute Gasteiger partial charge is 0.482 e. The molecule has 0 unspecified atom stereocenters. The molecule has 1 amide bonds. The Kier molecular flexibility index (Phi) is 6.79. The van der Waals surface area contributed by atoms with Gasteiger partial charge in [-0.05, 0) is 25.2 Å². The summed E-state index contributed by atoms with van der Waals surface area (Å²) >= 11 is 0. The molecule has 5 nitrogen and oxygen atoms in total. The average molecular weight is 251 g/mol. The molecule has 0 aromatic carbocycles. The van der Waals surface area contributed by atoms with Gasteiger partial charge in [0.1, 0.15) is 5.75 Å². The molecule has 1 aromatic heterocycles. The van der Waals surface area contributed by atoms with E-state index in [9.17, 15) is 4.79 Å². The molecule has 0 bridgehead atoms. The highest BCUT2D eigenvalue weighted by molar-refractivity contribution is 5.77. The van der Waals surface area contributed by atoms with Crippen LogP contribution in [0.25, 0.3) is 0 Å². The van der Waals surface area contributed by atoms with Crippen molar-refractivity contribution in [2.24, 2.45) is 0 Å². The van der Waals surface area contributed by atoms with Crippen LogP contribution >= 0.6 is 0 Å². The fraction of sp³-hybridized carbons (Fsp3) is 0.538. The van der Waals surface area contributed by atoms with E-state index >= 15 is 0 Å². The van der Waals surface area contributed by atoms with Gasteiger partial charge >= 0.3 is 0 Å². The van der Waals surface area contributed by atoms with Gasteiger partial charge in [0, 0.05) is 19.3 Å². The molecule has 0 aliphatic rings. The normalized spacial score (nSPS) is 10.4. The highest BCUT2D eigenvalue weighted by Gasteiger charge is 2.03. The van der Waals surface area contributed by atoms with E-state index in [4.69, 9.17) is 4.74 Å². The molecule has 0 aliphatic heterocycles. The molecule has 0 atom stereocenters. The number of nitrogens with one attached hydrogen (secondary N) is 1. The SMILES string of the molecule is CCN(CC)CCNC(=O)COc1cccnc1. The lowest BCUT2D eigenvalue weighted by molar-refractivity contribution is -0.123. The molecule has 0 radical (unpaired) electrons. The summed E-state index contributed by atoms with van der Waals surface area (Å²) in [5.41, 5.74) is 0. The third kappa shape index (κ3) is 5.63.